The first-order valence-electron chi connectivity index (χ1n) is 6.60. The first-order chi connectivity index (χ1) is 9.19. The second-order valence-electron chi connectivity index (χ2n) is 5.02. The van der Waals surface area contributed by atoms with E-state index in [-0.39, 0.29) is 12.5 Å². The Labute approximate surface area is 113 Å². The number of amides is 1. The zero-order valence-electron chi connectivity index (χ0n) is 11.1. The van der Waals surface area contributed by atoms with Crippen LogP contribution in [-0.2, 0) is 4.79 Å². The van der Waals surface area contributed by atoms with Crippen LogP contribution in [0.25, 0.3) is 0 Å². The van der Waals surface area contributed by atoms with E-state index in [0.717, 1.165) is 19.5 Å². The minimum atomic E-state index is 0.0221. The van der Waals surface area contributed by atoms with Gasteiger partial charge in [-0.2, -0.15) is 5.26 Å². The summed E-state index contributed by atoms with van der Waals surface area (Å²) in [4.78, 5) is 13.9. The number of ether oxygens (including phenoxy) is 1. The number of benzene rings is 1. The molecule has 1 saturated heterocycles. The summed E-state index contributed by atoms with van der Waals surface area (Å²) in [5, 5.41) is 8.79. The smallest absolute Gasteiger partial charge is 0.260 e. The molecule has 1 atom stereocenters. The van der Waals surface area contributed by atoms with Gasteiger partial charge in [0.2, 0.25) is 0 Å². The number of carbonyl (C=O) groups is 1. The molecular formula is C15H18N2O2. The van der Waals surface area contributed by atoms with Crippen LogP contribution in [0.5, 0.6) is 5.75 Å². The molecule has 1 aromatic carbocycles. The third-order valence-corrected chi connectivity index (χ3v) is 3.34. The molecule has 1 aromatic rings. The highest BCUT2D eigenvalue weighted by Gasteiger charge is 2.21. The second kappa shape index (κ2) is 6.24. The molecule has 1 aliphatic heterocycles. The van der Waals surface area contributed by atoms with E-state index in [2.05, 4.69) is 6.92 Å². The van der Waals surface area contributed by atoms with Gasteiger partial charge in [0.15, 0.2) is 6.61 Å². The molecule has 1 heterocycles. The topological polar surface area (TPSA) is 53.3 Å². The van der Waals surface area contributed by atoms with Gasteiger partial charge in [-0.05, 0) is 37.0 Å². The lowest BCUT2D eigenvalue weighted by Gasteiger charge is -2.30. The number of rotatable bonds is 3. The standard InChI is InChI=1S/C15H18N2O2/c1-12-4-3-7-17(10-12)15(18)11-19-14-6-2-5-13(8-14)9-16/h2,5-6,8,12H,3-4,7,10-11H2,1H3. The highest BCUT2D eigenvalue weighted by molar-refractivity contribution is 5.77. The molecule has 4 heteroatoms. The molecule has 19 heavy (non-hydrogen) atoms. The highest BCUT2D eigenvalue weighted by atomic mass is 16.5. The number of likely N-dealkylation sites (tertiary alicyclic amines) is 1. The normalized spacial score (nSPS) is 18.7. The maximum atomic E-state index is 12.0. The van der Waals surface area contributed by atoms with Gasteiger partial charge in [0, 0.05) is 13.1 Å². The van der Waals surface area contributed by atoms with E-state index in [1.165, 1.54) is 6.42 Å². The van der Waals surface area contributed by atoms with Crippen molar-refractivity contribution in [3.63, 3.8) is 0 Å². The Kier molecular flexibility index (Phi) is 4.40. The Balaban J connectivity index is 1.87. The molecule has 1 amide bonds. The average molecular weight is 258 g/mol. The molecule has 100 valence electrons. The van der Waals surface area contributed by atoms with Crippen molar-refractivity contribution in [3.05, 3.63) is 29.8 Å². The van der Waals surface area contributed by atoms with Crippen molar-refractivity contribution in [2.75, 3.05) is 19.7 Å². The Morgan fingerprint density at radius 2 is 2.42 bits per heavy atom. The fraction of sp³-hybridized carbons (Fsp3) is 0.467. The van der Waals surface area contributed by atoms with Crippen molar-refractivity contribution in [1.82, 2.24) is 4.90 Å². The summed E-state index contributed by atoms with van der Waals surface area (Å²) in [6.45, 7) is 3.85. The van der Waals surface area contributed by atoms with E-state index < -0.39 is 0 Å². The maximum absolute atomic E-state index is 12.0. The molecule has 0 radical (unpaired) electrons. The van der Waals surface area contributed by atoms with Crippen molar-refractivity contribution in [1.29, 1.82) is 5.26 Å². The van der Waals surface area contributed by atoms with Gasteiger partial charge in [-0.25, -0.2) is 0 Å². The third-order valence-electron chi connectivity index (χ3n) is 3.34. The first-order valence-corrected chi connectivity index (χ1v) is 6.60. The SMILES string of the molecule is CC1CCCN(C(=O)COc2cccc(C#N)c2)C1. The fourth-order valence-corrected chi connectivity index (χ4v) is 2.31. The number of carbonyl (C=O) groups excluding carboxylic acids is 1. The van der Waals surface area contributed by atoms with Crippen LogP contribution >= 0.6 is 0 Å². The fourth-order valence-electron chi connectivity index (χ4n) is 2.31. The summed E-state index contributed by atoms with van der Waals surface area (Å²) in [5.74, 6) is 1.16. The van der Waals surface area contributed by atoms with E-state index >= 15 is 0 Å². The Morgan fingerprint density at radius 1 is 1.58 bits per heavy atom. The van der Waals surface area contributed by atoms with Crippen molar-refractivity contribution in [2.24, 2.45) is 5.92 Å². The molecule has 1 aliphatic rings. The molecule has 2 rings (SSSR count). The van der Waals surface area contributed by atoms with Crippen molar-refractivity contribution in [3.8, 4) is 11.8 Å². The summed E-state index contributed by atoms with van der Waals surface area (Å²) in [6, 6.07) is 8.91. The van der Waals surface area contributed by atoms with E-state index in [0.29, 0.717) is 17.2 Å². The van der Waals surface area contributed by atoms with E-state index in [1.807, 2.05) is 11.0 Å². The van der Waals surface area contributed by atoms with Crippen LogP contribution in [0.15, 0.2) is 24.3 Å². The van der Waals surface area contributed by atoms with Gasteiger partial charge in [0.1, 0.15) is 5.75 Å². The minimum Gasteiger partial charge on any atom is -0.484 e. The zero-order valence-corrected chi connectivity index (χ0v) is 11.1. The molecular weight excluding hydrogens is 240 g/mol. The van der Waals surface area contributed by atoms with E-state index in [4.69, 9.17) is 10.00 Å². The summed E-state index contributed by atoms with van der Waals surface area (Å²) in [7, 11) is 0. The quantitative estimate of drug-likeness (QED) is 0.835. The van der Waals surface area contributed by atoms with Gasteiger partial charge >= 0.3 is 0 Å². The molecule has 0 aromatic heterocycles. The molecule has 0 N–H and O–H groups in total. The van der Waals surface area contributed by atoms with E-state index in [9.17, 15) is 4.79 Å². The Hall–Kier alpha value is -2.02. The lowest BCUT2D eigenvalue weighted by Crippen LogP contribution is -2.41. The van der Waals surface area contributed by atoms with Crippen molar-refractivity contribution in [2.45, 2.75) is 19.8 Å². The van der Waals surface area contributed by atoms with Crippen LogP contribution in [0.2, 0.25) is 0 Å². The molecule has 0 spiro atoms. The number of nitrogens with zero attached hydrogens (tertiary/aromatic N) is 2. The summed E-state index contributed by atoms with van der Waals surface area (Å²) in [6.07, 6.45) is 2.26. The number of hydrogen-bond acceptors (Lipinski definition) is 3. The van der Waals surface area contributed by atoms with Crippen LogP contribution in [0.3, 0.4) is 0 Å². The van der Waals surface area contributed by atoms with Gasteiger partial charge in [-0.15, -0.1) is 0 Å². The number of piperidine rings is 1. The van der Waals surface area contributed by atoms with Crippen LogP contribution in [0, 0.1) is 17.2 Å². The molecule has 0 aliphatic carbocycles. The van der Waals surface area contributed by atoms with Crippen LogP contribution in [-0.4, -0.2) is 30.5 Å². The number of nitriles is 1. The van der Waals surface area contributed by atoms with Crippen LogP contribution < -0.4 is 4.74 Å². The van der Waals surface area contributed by atoms with Gasteiger partial charge < -0.3 is 9.64 Å². The van der Waals surface area contributed by atoms with Gasteiger partial charge in [-0.1, -0.05) is 13.0 Å². The second-order valence-corrected chi connectivity index (χ2v) is 5.02. The summed E-state index contributed by atoms with van der Waals surface area (Å²) >= 11 is 0. The first kappa shape index (κ1) is 13.4. The Bertz CT molecular complexity index is 493. The predicted octanol–water partition coefficient (Wildman–Crippen LogP) is 2.20. The lowest BCUT2D eigenvalue weighted by molar-refractivity contribution is -0.135. The highest BCUT2D eigenvalue weighted by Crippen LogP contribution is 2.16. The molecule has 0 saturated carbocycles. The summed E-state index contributed by atoms with van der Waals surface area (Å²) in [5.41, 5.74) is 0.538. The third kappa shape index (κ3) is 3.72. The van der Waals surface area contributed by atoms with Gasteiger partial charge in [0.25, 0.3) is 5.91 Å². The predicted molar refractivity (Wildman–Crippen MR) is 71.6 cm³/mol. The molecule has 0 bridgehead atoms. The maximum Gasteiger partial charge on any atom is 0.260 e. The monoisotopic (exact) mass is 258 g/mol. The molecule has 4 nitrogen and oxygen atoms in total. The molecule has 1 fully saturated rings. The van der Waals surface area contributed by atoms with Gasteiger partial charge in [0.05, 0.1) is 11.6 Å². The van der Waals surface area contributed by atoms with Crippen LogP contribution in [0.4, 0.5) is 0 Å². The van der Waals surface area contributed by atoms with Crippen molar-refractivity contribution >= 4 is 5.91 Å². The largest absolute Gasteiger partial charge is 0.484 e. The minimum absolute atomic E-state index is 0.0221. The average Bonchev–Trinajstić information content (AvgIpc) is 2.45. The summed E-state index contributed by atoms with van der Waals surface area (Å²) < 4.78 is 5.46. The lowest BCUT2D eigenvalue weighted by atomic mass is 10.0. The Morgan fingerprint density at radius 3 is 3.16 bits per heavy atom. The van der Waals surface area contributed by atoms with Crippen molar-refractivity contribution < 1.29 is 9.53 Å². The molecule has 1 unspecified atom stereocenters. The van der Waals surface area contributed by atoms with Crippen LogP contribution in [0.1, 0.15) is 25.3 Å². The zero-order chi connectivity index (χ0) is 13.7. The number of hydrogen-bond donors (Lipinski definition) is 0. The van der Waals surface area contributed by atoms with E-state index in [1.54, 1.807) is 24.3 Å². The van der Waals surface area contributed by atoms with Gasteiger partial charge in [-0.3, -0.25) is 4.79 Å².